The topological polar surface area (TPSA) is 55.8 Å². The lowest BCUT2D eigenvalue weighted by molar-refractivity contribution is -0.152. The number of ether oxygens (including phenoxy) is 2. The van der Waals surface area contributed by atoms with Crippen molar-refractivity contribution >= 4 is 5.97 Å². The minimum absolute atomic E-state index is 0.319. The Morgan fingerprint density at radius 1 is 1.33 bits per heavy atom. The highest BCUT2D eigenvalue weighted by Crippen LogP contribution is 2.29. The molecule has 1 saturated carbocycles. The van der Waals surface area contributed by atoms with Crippen LogP contribution in [-0.4, -0.2) is 36.5 Å². The minimum Gasteiger partial charge on any atom is -0.479 e. The van der Waals surface area contributed by atoms with E-state index in [1.54, 1.807) is 0 Å². The van der Waals surface area contributed by atoms with Crippen molar-refractivity contribution in [1.82, 2.24) is 0 Å². The number of aliphatic carboxylic acids is 1. The van der Waals surface area contributed by atoms with Crippen LogP contribution in [0.15, 0.2) is 0 Å². The van der Waals surface area contributed by atoms with Gasteiger partial charge < -0.3 is 14.6 Å². The first-order valence-electron chi connectivity index (χ1n) is 7.15. The highest BCUT2D eigenvalue weighted by molar-refractivity contribution is 5.72. The second kappa shape index (κ2) is 8.48. The van der Waals surface area contributed by atoms with Crippen LogP contribution in [0, 0.1) is 5.92 Å². The Morgan fingerprint density at radius 2 is 2.06 bits per heavy atom. The second-order valence-corrected chi connectivity index (χ2v) is 4.93. The van der Waals surface area contributed by atoms with Crippen molar-refractivity contribution < 1.29 is 19.4 Å². The zero-order valence-corrected chi connectivity index (χ0v) is 11.6. The van der Waals surface area contributed by atoms with Gasteiger partial charge in [-0.05, 0) is 25.7 Å². The van der Waals surface area contributed by atoms with Crippen molar-refractivity contribution in [2.45, 2.75) is 64.6 Å². The molecule has 18 heavy (non-hydrogen) atoms. The summed E-state index contributed by atoms with van der Waals surface area (Å²) >= 11 is 0. The number of rotatable bonds is 8. The zero-order valence-electron chi connectivity index (χ0n) is 11.6. The van der Waals surface area contributed by atoms with E-state index in [1.807, 2.05) is 6.92 Å². The van der Waals surface area contributed by atoms with E-state index < -0.39 is 12.1 Å². The summed E-state index contributed by atoms with van der Waals surface area (Å²) in [5.41, 5.74) is 0. The molecular formula is C14H26O4. The van der Waals surface area contributed by atoms with Crippen LogP contribution in [0.3, 0.4) is 0 Å². The van der Waals surface area contributed by atoms with Gasteiger partial charge in [0.05, 0.1) is 12.7 Å². The first kappa shape index (κ1) is 15.4. The van der Waals surface area contributed by atoms with Gasteiger partial charge in [-0.15, -0.1) is 0 Å². The predicted molar refractivity (Wildman–Crippen MR) is 69.7 cm³/mol. The first-order chi connectivity index (χ1) is 8.69. The third kappa shape index (κ3) is 4.94. The van der Waals surface area contributed by atoms with Gasteiger partial charge in [-0.1, -0.05) is 26.2 Å². The van der Waals surface area contributed by atoms with E-state index in [1.165, 1.54) is 19.3 Å². The van der Waals surface area contributed by atoms with Crippen molar-refractivity contribution in [3.63, 3.8) is 0 Å². The van der Waals surface area contributed by atoms with Crippen LogP contribution in [0.5, 0.6) is 0 Å². The van der Waals surface area contributed by atoms with Crippen molar-refractivity contribution in [2.24, 2.45) is 5.92 Å². The molecule has 0 aromatic heterocycles. The van der Waals surface area contributed by atoms with Crippen molar-refractivity contribution in [2.75, 3.05) is 13.2 Å². The fraction of sp³-hybridized carbons (Fsp3) is 0.929. The van der Waals surface area contributed by atoms with Gasteiger partial charge in [-0.25, -0.2) is 4.79 Å². The molecule has 0 amide bonds. The average molecular weight is 258 g/mol. The van der Waals surface area contributed by atoms with Crippen LogP contribution >= 0.6 is 0 Å². The molecule has 0 heterocycles. The summed E-state index contributed by atoms with van der Waals surface area (Å²) in [7, 11) is 0. The van der Waals surface area contributed by atoms with Crippen LogP contribution in [0.25, 0.3) is 0 Å². The summed E-state index contributed by atoms with van der Waals surface area (Å²) < 4.78 is 11.0. The summed E-state index contributed by atoms with van der Waals surface area (Å²) in [4.78, 5) is 10.9. The van der Waals surface area contributed by atoms with Crippen molar-refractivity contribution in [3.8, 4) is 0 Å². The second-order valence-electron chi connectivity index (χ2n) is 4.93. The standard InChI is InChI=1S/C14H26O4/c1-3-11-7-5-6-8-12(11)18-10-9-13(14(15)16)17-4-2/h11-13H,3-10H2,1-2H3,(H,15,16). The van der Waals surface area contributed by atoms with Gasteiger partial charge in [0.1, 0.15) is 0 Å². The van der Waals surface area contributed by atoms with E-state index in [0.29, 0.717) is 31.7 Å². The molecule has 0 aliphatic heterocycles. The van der Waals surface area contributed by atoms with Gasteiger partial charge in [0.15, 0.2) is 6.10 Å². The molecule has 4 nitrogen and oxygen atoms in total. The van der Waals surface area contributed by atoms with E-state index in [9.17, 15) is 4.79 Å². The lowest BCUT2D eigenvalue weighted by Gasteiger charge is -2.31. The molecule has 0 bridgehead atoms. The van der Waals surface area contributed by atoms with E-state index in [4.69, 9.17) is 14.6 Å². The number of hydrogen-bond donors (Lipinski definition) is 1. The molecule has 3 unspecified atom stereocenters. The van der Waals surface area contributed by atoms with Crippen LogP contribution in [0.2, 0.25) is 0 Å². The maximum atomic E-state index is 10.9. The van der Waals surface area contributed by atoms with Gasteiger partial charge in [-0.2, -0.15) is 0 Å². The van der Waals surface area contributed by atoms with Gasteiger partial charge in [0, 0.05) is 13.0 Å². The molecule has 0 saturated heterocycles. The third-order valence-electron chi connectivity index (χ3n) is 3.72. The highest BCUT2D eigenvalue weighted by atomic mass is 16.5. The number of carboxylic acids is 1. The summed E-state index contributed by atoms with van der Waals surface area (Å²) in [6, 6.07) is 0. The highest BCUT2D eigenvalue weighted by Gasteiger charge is 2.25. The molecule has 0 aromatic carbocycles. The Bertz CT molecular complexity index is 242. The third-order valence-corrected chi connectivity index (χ3v) is 3.72. The Hall–Kier alpha value is -0.610. The molecule has 3 atom stereocenters. The Balaban J connectivity index is 2.28. The maximum Gasteiger partial charge on any atom is 0.332 e. The van der Waals surface area contributed by atoms with E-state index >= 15 is 0 Å². The van der Waals surface area contributed by atoms with Crippen LogP contribution in [-0.2, 0) is 14.3 Å². The fourth-order valence-corrected chi connectivity index (χ4v) is 2.67. The quantitative estimate of drug-likeness (QED) is 0.727. The number of hydrogen-bond acceptors (Lipinski definition) is 3. The van der Waals surface area contributed by atoms with Gasteiger partial charge in [-0.3, -0.25) is 0 Å². The number of carbonyl (C=O) groups is 1. The number of carboxylic acid groups (broad SMARTS) is 1. The molecular weight excluding hydrogens is 232 g/mol. The molecule has 0 radical (unpaired) electrons. The largest absolute Gasteiger partial charge is 0.479 e. The summed E-state index contributed by atoms with van der Waals surface area (Å²) in [6.07, 6.45) is 6.08. The molecule has 106 valence electrons. The smallest absolute Gasteiger partial charge is 0.332 e. The average Bonchev–Trinajstić information content (AvgIpc) is 2.38. The summed E-state index contributed by atoms with van der Waals surface area (Å²) in [5, 5.41) is 8.96. The minimum atomic E-state index is -0.892. The first-order valence-corrected chi connectivity index (χ1v) is 7.15. The molecule has 0 spiro atoms. The lowest BCUT2D eigenvalue weighted by atomic mass is 9.85. The molecule has 1 fully saturated rings. The summed E-state index contributed by atoms with van der Waals surface area (Å²) in [5.74, 6) is -0.245. The SMILES string of the molecule is CCOC(CCOC1CCCCC1CC)C(=O)O. The fourth-order valence-electron chi connectivity index (χ4n) is 2.67. The van der Waals surface area contributed by atoms with Crippen LogP contribution in [0.1, 0.15) is 52.4 Å². The maximum absolute atomic E-state index is 10.9. The normalized spacial score (nSPS) is 25.9. The van der Waals surface area contributed by atoms with Crippen molar-refractivity contribution in [1.29, 1.82) is 0 Å². The Labute approximate surface area is 110 Å². The van der Waals surface area contributed by atoms with Gasteiger partial charge in [0.25, 0.3) is 0 Å². The van der Waals surface area contributed by atoms with E-state index in [-0.39, 0.29) is 0 Å². The molecule has 4 heteroatoms. The van der Waals surface area contributed by atoms with Gasteiger partial charge in [0.2, 0.25) is 0 Å². The van der Waals surface area contributed by atoms with Gasteiger partial charge >= 0.3 is 5.97 Å². The van der Waals surface area contributed by atoms with E-state index in [0.717, 1.165) is 12.8 Å². The zero-order chi connectivity index (χ0) is 13.4. The lowest BCUT2D eigenvalue weighted by Crippen LogP contribution is -2.30. The summed E-state index contributed by atoms with van der Waals surface area (Å²) in [6.45, 7) is 4.92. The predicted octanol–water partition coefficient (Wildman–Crippen LogP) is 2.85. The molecule has 1 rings (SSSR count). The van der Waals surface area contributed by atoms with Crippen LogP contribution in [0.4, 0.5) is 0 Å². The van der Waals surface area contributed by atoms with E-state index in [2.05, 4.69) is 6.92 Å². The molecule has 0 aromatic rings. The molecule has 1 N–H and O–H groups in total. The Morgan fingerprint density at radius 3 is 2.67 bits per heavy atom. The Kier molecular flexibility index (Phi) is 7.28. The van der Waals surface area contributed by atoms with Crippen LogP contribution < -0.4 is 0 Å². The molecule has 1 aliphatic rings. The monoisotopic (exact) mass is 258 g/mol. The van der Waals surface area contributed by atoms with Crippen molar-refractivity contribution in [3.05, 3.63) is 0 Å². The molecule has 1 aliphatic carbocycles.